The Balaban J connectivity index is 1.78. The monoisotopic (exact) mass is 310 g/mol. The number of pyridine rings is 1. The van der Waals surface area contributed by atoms with E-state index in [1.165, 1.54) is 6.20 Å². The molecule has 118 valence electrons. The van der Waals surface area contributed by atoms with E-state index in [0.29, 0.717) is 11.1 Å². The topological polar surface area (TPSA) is 68.3 Å². The Hall–Kier alpha value is -2.69. The van der Waals surface area contributed by atoms with Crippen LogP contribution in [-0.2, 0) is 9.53 Å². The molecular formula is C18H18N2O3. The van der Waals surface area contributed by atoms with Gasteiger partial charge < -0.3 is 10.1 Å². The Morgan fingerprint density at radius 2 is 1.91 bits per heavy atom. The third kappa shape index (κ3) is 3.94. The molecule has 1 heterocycles. The van der Waals surface area contributed by atoms with Gasteiger partial charge in [0.25, 0.3) is 5.91 Å². The molecule has 1 aliphatic carbocycles. The van der Waals surface area contributed by atoms with Crippen molar-refractivity contribution >= 4 is 11.9 Å². The Bertz CT molecular complexity index is 694. The molecule has 1 fully saturated rings. The van der Waals surface area contributed by atoms with Gasteiger partial charge in [-0.25, -0.2) is 4.79 Å². The van der Waals surface area contributed by atoms with Crippen molar-refractivity contribution in [3.63, 3.8) is 0 Å². The summed E-state index contributed by atoms with van der Waals surface area (Å²) in [6.07, 6.45) is 2.45. The summed E-state index contributed by atoms with van der Waals surface area (Å²) in [5.74, 6) is -0.843. The van der Waals surface area contributed by atoms with Crippen LogP contribution in [0.2, 0.25) is 0 Å². The third-order valence-electron chi connectivity index (χ3n) is 3.64. The quantitative estimate of drug-likeness (QED) is 0.862. The number of nitrogens with one attached hydrogen (secondary N) is 1. The molecule has 1 saturated carbocycles. The van der Waals surface area contributed by atoms with E-state index < -0.39 is 12.1 Å². The van der Waals surface area contributed by atoms with Crippen LogP contribution in [0.4, 0.5) is 0 Å². The van der Waals surface area contributed by atoms with Crippen molar-refractivity contribution in [2.45, 2.75) is 31.9 Å². The standard InChI is InChI=1S/C18H18N2O3/c1-12-7-8-14(11-19-12)18(22)23-16(13-5-3-2-4-6-13)17(21)20-15-9-10-15/h2-8,11,15-16H,9-10H2,1H3,(H,20,21). The van der Waals surface area contributed by atoms with E-state index in [2.05, 4.69) is 10.3 Å². The summed E-state index contributed by atoms with van der Waals surface area (Å²) in [6, 6.07) is 12.6. The molecule has 0 saturated heterocycles. The smallest absolute Gasteiger partial charge is 0.340 e. The number of hydrogen-bond donors (Lipinski definition) is 1. The molecule has 0 spiro atoms. The number of amides is 1. The Kier molecular flexibility index (Phi) is 4.37. The van der Waals surface area contributed by atoms with Gasteiger partial charge in [0.2, 0.25) is 6.10 Å². The summed E-state index contributed by atoms with van der Waals surface area (Å²) in [5, 5.41) is 2.89. The van der Waals surface area contributed by atoms with Gasteiger partial charge in [-0.1, -0.05) is 30.3 Å². The van der Waals surface area contributed by atoms with Gasteiger partial charge in [0.05, 0.1) is 5.56 Å². The van der Waals surface area contributed by atoms with Gasteiger partial charge in [-0.2, -0.15) is 0 Å². The summed E-state index contributed by atoms with van der Waals surface area (Å²) in [6.45, 7) is 1.84. The molecule has 5 heteroatoms. The van der Waals surface area contributed by atoms with Crippen LogP contribution in [0, 0.1) is 6.92 Å². The van der Waals surface area contributed by atoms with Crippen LogP contribution in [0.3, 0.4) is 0 Å². The Morgan fingerprint density at radius 3 is 2.52 bits per heavy atom. The second-order valence-electron chi connectivity index (χ2n) is 5.67. The fraction of sp³-hybridized carbons (Fsp3) is 0.278. The summed E-state index contributed by atoms with van der Waals surface area (Å²) < 4.78 is 5.46. The third-order valence-corrected chi connectivity index (χ3v) is 3.64. The highest BCUT2D eigenvalue weighted by atomic mass is 16.5. The number of hydrogen-bond acceptors (Lipinski definition) is 4. The number of carbonyl (C=O) groups excluding carboxylic acids is 2. The van der Waals surface area contributed by atoms with Crippen molar-refractivity contribution in [3.05, 3.63) is 65.5 Å². The predicted octanol–water partition coefficient (Wildman–Crippen LogP) is 2.57. The number of carbonyl (C=O) groups is 2. The molecule has 3 rings (SSSR count). The summed E-state index contributed by atoms with van der Waals surface area (Å²) >= 11 is 0. The van der Waals surface area contributed by atoms with Crippen LogP contribution in [0.5, 0.6) is 0 Å². The minimum Gasteiger partial charge on any atom is -0.444 e. The number of aryl methyl sites for hydroxylation is 1. The van der Waals surface area contributed by atoms with E-state index in [1.807, 2.05) is 25.1 Å². The zero-order chi connectivity index (χ0) is 16.2. The maximum Gasteiger partial charge on any atom is 0.340 e. The lowest BCUT2D eigenvalue weighted by Crippen LogP contribution is -2.33. The van der Waals surface area contributed by atoms with Gasteiger partial charge in [-0.3, -0.25) is 9.78 Å². The van der Waals surface area contributed by atoms with Crippen molar-refractivity contribution in [3.8, 4) is 0 Å². The van der Waals surface area contributed by atoms with E-state index >= 15 is 0 Å². The first-order chi connectivity index (χ1) is 11.1. The van der Waals surface area contributed by atoms with E-state index in [4.69, 9.17) is 4.74 Å². The largest absolute Gasteiger partial charge is 0.444 e. The number of rotatable bonds is 5. The molecule has 2 aromatic rings. The van der Waals surface area contributed by atoms with Gasteiger partial charge in [-0.15, -0.1) is 0 Å². The molecule has 1 aliphatic rings. The maximum atomic E-state index is 12.4. The number of benzene rings is 1. The number of aromatic nitrogens is 1. The number of ether oxygens (including phenoxy) is 1. The van der Waals surface area contributed by atoms with Crippen molar-refractivity contribution in [2.24, 2.45) is 0 Å². The van der Waals surface area contributed by atoms with E-state index in [9.17, 15) is 9.59 Å². The van der Waals surface area contributed by atoms with E-state index in [1.54, 1.807) is 24.3 Å². The van der Waals surface area contributed by atoms with Crippen LogP contribution in [0.25, 0.3) is 0 Å². The average molecular weight is 310 g/mol. The lowest BCUT2D eigenvalue weighted by molar-refractivity contribution is -0.130. The molecule has 1 amide bonds. The highest BCUT2D eigenvalue weighted by molar-refractivity contribution is 5.92. The summed E-state index contributed by atoms with van der Waals surface area (Å²) in [5.41, 5.74) is 1.79. The number of nitrogens with zero attached hydrogens (tertiary/aromatic N) is 1. The van der Waals surface area contributed by atoms with Gasteiger partial charge >= 0.3 is 5.97 Å². The Morgan fingerprint density at radius 1 is 1.17 bits per heavy atom. The summed E-state index contributed by atoms with van der Waals surface area (Å²) in [7, 11) is 0. The van der Waals surface area contributed by atoms with Crippen LogP contribution < -0.4 is 5.32 Å². The fourth-order valence-electron chi connectivity index (χ4n) is 2.17. The second-order valence-corrected chi connectivity index (χ2v) is 5.67. The number of esters is 1. The van der Waals surface area contributed by atoms with Crippen molar-refractivity contribution in [2.75, 3.05) is 0 Å². The van der Waals surface area contributed by atoms with Crippen LogP contribution >= 0.6 is 0 Å². The summed E-state index contributed by atoms with van der Waals surface area (Å²) in [4.78, 5) is 28.8. The molecule has 1 unspecified atom stereocenters. The second kappa shape index (κ2) is 6.60. The van der Waals surface area contributed by atoms with Crippen molar-refractivity contribution in [1.82, 2.24) is 10.3 Å². The first kappa shape index (κ1) is 15.2. The maximum absolute atomic E-state index is 12.4. The SMILES string of the molecule is Cc1ccc(C(=O)OC(C(=O)NC2CC2)c2ccccc2)cn1. The van der Waals surface area contributed by atoms with Crippen molar-refractivity contribution < 1.29 is 14.3 Å². The molecule has 0 bridgehead atoms. The molecule has 0 aliphatic heterocycles. The molecule has 23 heavy (non-hydrogen) atoms. The zero-order valence-electron chi connectivity index (χ0n) is 12.9. The van der Waals surface area contributed by atoms with Gasteiger partial charge in [0.1, 0.15) is 0 Å². The van der Waals surface area contributed by atoms with E-state index in [-0.39, 0.29) is 11.9 Å². The first-order valence-corrected chi connectivity index (χ1v) is 7.62. The normalized spacial score (nSPS) is 14.8. The van der Waals surface area contributed by atoms with Crippen molar-refractivity contribution in [1.29, 1.82) is 0 Å². The lowest BCUT2D eigenvalue weighted by atomic mass is 10.1. The van der Waals surface area contributed by atoms with Crippen LogP contribution in [-0.4, -0.2) is 22.9 Å². The lowest BCUT2D eigenvalue weighted by Gasteiger charge is -2.18. The Labute approximate surface area is 134 Å². The average Bonchev–Trinajstić information content (AvgIpc) is 3.37. The minimum absolute atomic E-state index is 0.202. The van der Waals surface area contributed by atoms with Crippen LogP contribution in [0.15, 0.2) is 48.7 Å². The first-order valence-electron chi connectivity index (χ1n) is 7.62. The molecule has 1 aromatic heterocycles. The molecule has 1 aromatic carbocycles. The van der Waals surface area contributed by atoms with Gasteiger partial charge in [0, 0.05) is 23.5 Å². The molecule has 1 N–H and O–H groups in total. The van der Waals surface area contributed by atoms with Crippen LogP contribution in [0.1, 0.15) is 40.6 Å². The van der Waals surface area contributed by atoms with Gasteiger partial charge in [-0.05, 0) is 31.9 Å². The zero-order valence-corrected chi connectivity index (χ0v) is 12.9. The minimum atomic E-state index is -0.953. The highest BCUT2D eigenvalue weighted by Crippen LogP contribution is 2.24. The molecule has 0 radical (unpaired) electrons. The fourth-order valence-corrected chi connectivity index (χ4v) is 2.17. The highest BCUT2D eigenvalue weighted by Gasteiger charge is 2.31. The predicted molar refractivity (Wildman–Crippen MR) is 84.7 cm³/mol. The molecular weight excluding hydrogens is 292 g/mol. The molecule has 1 atom stereocenters. The molecule has 5 nitrogen and oxygen atoms in total. The van der Waals surface area contributed by atoms with E-state index in [0.717, 1.165) is 18.5 Å². The van der Waals surface area contributed by atoms with Gasteiger partial charge in [0.15, 0.2) is 0 Å².